The molecule has 3 aliphatic carbocycles. The van der Waals surface area contributed by atoms with E-state index in [0.29, 0.717) is 5.92 Å². The first kappa shape index (κ1) is 37.0. The molecule has 0 saturated carbocycles. The quantitative estimate of drug-likeness (QED) is 0.167. The predicted molar refractivity (Wildman–Crippen MR) is 267 cm³/mol. The van der Waals surface area contributed by atoms with Gasteiger partial charge in [-0.1, -0.05) is 166 Å². The van der Waals surface area contributed by atoms with Crippen molar-refractivity contribution in [3.63, 3.8) is 0 Å². The Morgan fingerprint density at radius 3 is 2.12 bits per heavy atom. The van der Waals surface area contributed by atoms with Crippen LogP contribution in [0.1, 0.15) is 48.4 Å². The van der Waals surface area contributed by atoms with Gasteiger partial charge in [-0.3, -0.25) is 0 Å². The number of benzene rings is 8. The normalized spacial score (nSPS) is 18.8. The smallest absolute Gasteiger partial charge is 0.136 e. The van der Waals surface area contributed by atoms with Crippen LogP contribution in [0.5, 0.6) is 0 Å². The van der Waals surface area contributed by atoms with Crippen LogP contribution in [-0.4, -0.2) is 6.04 Å². The minimum absolute atomic E-state index is 0.0139. The summed E-state index contributed by atoms with van der Waals surface area (Å²) in [6, 6.07) is 61.9. The lowest BCUT2D eigenvalue weighted by molar-refractivity contribution is 0.382. The molecule has 3 nitrogen and oxygen atoms in total. The van der Waals surface area contributed by atoms with Crippen molar-refractivity contribution in [2.45, 2.75) is 37.6 Å². The molecule has 0 saturated heterocycles. The Bertz CT molecular complexity index is 3640. The zero-order valence-corrected chi connectivity index (χ0v) is 35.8. The molecule has 13 rings (SSSR count). The molecular weight excluding hydrogens is 779 g/mol. The average molecular weight is 824 g/mol. The highest BCUT2D eigenvalue weighted by Gasteiger charge is 2.47. The third kappa shape index (κ3) is 5.67. The molecule has 2 aromatic heterocycles. The van der Waals surface area contributed by atoms with E-state index >= 15 is 0 Å². The molecule has 0 N–H and O–H groups in total. The summed E-state index contributed by atoms with van der Waals surface area (Å²) in [5, 5.41) is 6.98. The van der Waals surface area contributed by atoms with Gasteiger partial charge in [-0.2, -0.15) is 0 Å². The minimum Gasteiger partial charge on any atom is -0.456 e. The van der Waals surface area contributed by atoms with Gasteiger partial charge in [0.1, 0.15) is 22.3 Å². The molecule has 306 valence electrons. The number of fused-ring (bicyclic) bond motifs is 10. The van der Waals surface area contributed by atoms with Crippen LogP contribution in [0.25, 0.3) is 76.9 Å². The lowest BCUT2D eigenvalue weighted by atomic mass is 9.67. The molecule has 8 aromatic carbocycles. The summed E-state index contributed by atoms with van der Waals surface area (Å²) in [5.41, 5.74) is 16.4. The van der Waals surface area contributed by atoms with E-state index in [4.69, 9.17) is 8.83 Å². The van der Waals surface area contributed by atoms with Gasteiger partial charge in [-0.25, -0.2) is 0 Å². The predicted octanol–water partition coefficient (Wildman–Crippen LogP) is 16.5. The lowest BCUT2D eigenvalue weighted by Crippen LogP contribution is -2.31. The van der Waals surface area contributed by atoms with Crippen LogP contribution < -0.4 is 4.90 Å². The van der Waals surface area contributed by atoms with Crippen molar-refractivity contribution < 1.29 is 8.83 Å². The van der Waals surface area contributed by atoms with E-state index in [2.05, 4.69) is 219 Å². The largest absolute Gasteiger partial charge is 0.456 e. The number of furan rings is 2. The van der Waals surface area contributed by atoms with Crippen LogP contribution in [0, 0.1) is 5.92 Å². The van der Waals surface area contributed by atoms with Gasteiger partial charge < -0.3 is 13.7 Å². The van der Waals surface area contributed by atoms with Gasteiger partial charge in [-0.05, 0) is 116 Å². The zero-order chi connectivity index (χ0) is 42.5. The summed E-state index contributed by atoms with van der Waals surface area (Å²) in [5.74, 6) is 0.638. The molecule has 3 heteroatoms. The van der Waals surface area contributed by atoms with Crippen molar-refractivity contribution in [2.24, 2.45) is 5.92 Å². The summed E-state index contributed by atoms with van der Waals surface area (Å²) < 4.78 is 12.8. The molecule has 3 aliphatic rings. The van der Waals surface area contributed by atoms with E-state index < -0.39 is 0 Å². The van der Waals surface area contributed by atoms with Gasteiger partial charge in [0.2, 0.25) is 0 Å². The van der Waals surface area contributed by atoms with Gasteiger partial charge in [0.25, 0.3) is 0 Å². The van der Waals surface area contributed by atoms with E-state index in [-0.39, 0.29) is 17.4 Å². The molecule has 10 aromatic rings. The second kappa shape index (κ2) is 14.2. The Morgan fingerprint density at radius 1 is 0.562 bits per heavy atom. The molecule has 0 aliphatic heterocycles. The Morgan fingerprint density at radius 2 is 1.27 bits per heavy atom. The summed E-state index contributed by atoms with van der Waals surface area (Å²) in [4.78, 5) is 2.55. The van der Waals surface area contributed by atoms with Crippen molar-refractivity contribution in [3.8, 4) is 11.1 Å². The number of para-hydroxylation sites is 2. The maximum Gasteiger partial charge on any atom is 0.136 e. The molecule has 64 heavy (non-hydrogen) atoms. The van der Waals surface area contributed by atoms with Gasteiger partial charge in [0.15, 0.2) is 0 Å². The summed E-state index contributed by atoms with van der Waals surface area (Å²) in [6.45, 7) is 4.85. The lowest BCUT2D eigenvalue weighted by Gasteiger charge is -2.37. The number of hydrogen-bond donors (Lipinski definition) is 0. The van der Waals surface area contributed by atoms with Crippen LogP contribution in [0.15, 0.2) is 215 Å². The van der Waals surface area contributed by atoms with E-state index in [9.17, 15) is 0 Å². The standard InChI is InChI=1S/C61H45NO2/c1-61(2)53-21-8-5-16-48(53)49-20-11-19-47(60(49)61)39-27-32-44(33-28-39)62(43-30-25-38(26-31-43)46-18-12-24-57-59(46)50-17-7-10-23-55(50)63-57)54-22-9-6-15-45(54)42-29-34-56-51(36-42)52-35-40-13-3-4-14-41(40)37-58(52)64-56/h3-30,32-37,43,47,60H,31H2,1-2H3. The number of anilines is 2. The van der Waals surface area contributed by atoms with E-state index in [1.807, 2.05) is 6.07 Å². The maximum atomic E-state index is 6.46. The fourth-order valence-electron chi connectivity index (χ4n) is 11.5. The SMILES string of the molecule is CC1(C)c2ccccc2C2=CC=CC(c3ccc(N(c4ccccc4-c4ccc5oc6cc7ccccc7cc6c5c4)C4C=CC(c5cccc6oc7ccccc7c56)=CC4)cc3)C21. The molecule has 0 bridgehead atoms. The number of hydrogen-bond acceptors (Lipinski definition) is 3. The third-order valence-electron chi connectivity index (χ3n) is 14.5. The van der Waals surface area contributed by atoms with Gasteiger partial charge >= 0.3 is 0 Å². The van der Waals surface area contributed by atoms with Crippen molar-refractivity contribution in [1.29, 1.82) is 0 Å². The molecular formula is C61H45NO2. The van der Waals surface area contributed by atoms with Gasteiger partial charge in [0.05, 0.1) is 6.04 Å². The molecule has 3 unspecified atom stereocenters. The Labute approximate surface area is 372 Å². The Hall–Kier alpha value is -7.62. The van der Waals surface area contributed by atoms with Crippen LogP contribution >= 0.6 is 0 Å². The topological polar surface area (TPSA) is 29.5 Å². The summed E-state index contributed by atoms with van der Waals surface area (Å²) in [6.07, 6.45) is 15.0. The summed E-state index contributed by atoms with van der Waals surface area (Å²) in [7, 11) is 0. The fraction of sp³-hybridized carbons (Fsp3) is 0.115. The van der Waals surface area contributed by atoms with Crippen LogP contribution in [-0.2, 0) is 5.41 Å². The van der Waals surface area contributed by atoms with Crippen molar-refractivity contribution >= 4 is 77.2 Å². The van der Waals surface area contributed by atoms with Gasteiger partial charge in [0, 0.05) is 50.3 Å². The number of nitrogens with zero attached hydrogens (tertiary/aromatic N) is 1. The Balaban J connectivity index is 0.915. The van der Waals surface area contributed by atoms with Crippen LogP contribution in [0.2, 0.25) is 0 Å². The van der Waals surface area contributed by atoms with Crippen molar-refractivity contribution in [2.75, 3.05) is 4.90 Å². The van der Waals surface area contributed by atoms with E-state index in [0.717, 1.165) is 61.8 Å². The molecule has 2 heterocycles. The number of rotatable bonds is 6. The fourth-order valence-corrected chi connectivity index (χ4v) is 11.5. The second-order valence-corrected chi connectivity index (χ2v) is 18.4. The highest BCUT2D eigenvalue weighted by atomic mass is 16.3. The first-order valence-corrected chi connectivity index (χ1v) is 22.6. The molecule has 0 radical (unpaired) electrons. The van der Waals surface area contributed by atoms with Gasteiger partial charge in [-0.15, -0.1) is 0 Å². The first-order valence-electron chi connectivity index (χ1n) is 22.6. The van der Waals surface area contributed by atoms with Crippen LogP contribution in [0.4, 0.5) is 11.4 Å². The average Bonchev–Trinajstić information content (AvgIpc) is 3.98. The maximum absolute atomic E-state index is 6.46. The molecule has 0 amide bonds. The molecule has 0 spiro atoms. The zero-order valence-electron chi connectivity index (χ0n) is 35.8. The molecule has 3 atom stereocenters. The van der Waals surface area contributed by atoms with E-state index in [1.165, 1.54) is 55.1 Å². The second-order valence-electron chi connectivity index (χ2n) is 18.4. The molecule has 0 fully saturated rings. The monoisotopic (exact) mass is 823 g/mol. The van der Waals surface area contributed by atoms with Crippen molar-refractivity contribution in [1.82, 2.24) is 0 Å². The number of allylic oxidation sites excluding steroid dienone is 6. The van der Waals surface area contributed by atoms with Crippen LogP contribution in [0.3, 0.4) is 0 Å². The van der Waals surface area contributed by atoms with E-state index in [1.54, 1.807) is 0 Å². The third-order valence-corrected chi connectivity index (χ3v) is 14.5. The Kier molecular flexibility index (Phi) is 8.21. The highest BCUT2D eigenvalue weighted by Crippen LogP contribution is 2.57. The first-order chi connectivity index (χ1) is 31.5. The minimum atomic E-state index is 0.0139. The highest BCUT2D eigenvalue weighted by molar-refractivity contribution is 6.12. The van der Waals surface area contributed by atoms with Crippen molar-refractivity contribution in [3.05, 3.63) is 229 Å². The summed E-state index contributed by atoms with van der Waals surface area (Å²) >= 11 is 0.